The summed E-state index contributed by atoms with van der Waals surface area (Å²) in [6.45, 7) is 0. The third-order valence-electron chi connectivity index (χ3n) is 3.61. The predicted molar refractivity (Wildman–Crippen MR) is 89.2 cm³/mol. The molecule has 0 saturated carbocycles. The zero-order valence-electron chi connectivity index (χ0n) is 13.1. The van der Waals surface area contributed by atoms with Gasteiger partial charge in [0.05, 0.1) is 14.2 Å². The van der Waals surface area contributed by atoms with Gasteiger partial charge in [-0.15, -0.1) is 0 Å². The van der Waals surface area contributed by atoms with Gasteiger partial charge in [-0.3, -0.25) is 0 Å². The van der Waals surface area contributed by atoms with Gasteiger partial charge >= 0.3 is 5.95 Å². The first kappa shape index (κ1) is 15.5. The highest BCUT2D eigenvalue weighted by molar-refractivity contribution is 5.79. The molecule has 24 heavy (non-hydrogen) atoms. The molecule has 2 aromatic carbocycles. The van der Waals surface area contributed by atoms with Gasteiger partial charge in [0, 0.05) is 11.1 Å². The second kappa shape index (κ2) is 6.41. The normalized spacial score (nSPS) is 10.4. The number of aromatic nitrogens is 2. The van der Waals surface area contributed by atoms with Crippen LogP contribution in [0.1, 0.15) is 0 Å². The van der Waals surface area contributed by atoms with E-state index in [-0.39, 0.29) is 5.95 Å². The zero-order chi connectivity index (χ0) is 17.1. The molecule has 1 N–H and O–H groups in total. The van der Waals surface area contributed by atoms with Crippen LogP contribution in [0.2, 0.25) is 0 Å². The average Bonchev–Trinajstić information content (AvgIpc) is 3.07. The molecule has 0 fully saturated rings. The van der Waals surface area contributed by atoms with Crippen molar-refractivity contribution in [2.24, 2.45) is 0 Å². The second-order valence-electron chi connectivity index (χ2n) is 5.00. The fourth-order valence-corrected chi connectivity index (χ4v) is 2.37. The van der Waals surface area contributed by atoms with Crippen molar-refractivity contribution >= 4 is 5.95 Å². The third kappa shape index (κ3) is 2.91. The molecule has 0 aliphatic carbocycles. The van der Waals surface area contributed by atoms with Gasteiger partial charge < -0.3 is 19.6 Å². The number of nitrogens with one attached hydrogen (secondary N) is 1. The molecule has 7 nitrogen and oxygen atoms in total. The number of nitro groups is 1. The lowest BCUT2D eigenvalue weighted by molar-refractivity contribution is -0.393. The number of nitrogens with zero attached hydrogens (tertiary/aromatic N) is 2. The maximum atomic E-state index is 11.1. The first-order valence-corrected chi connectivity index (χ1v) is 7.15. The summed E-state index contributed by atoms with van der Waals surface area (Å²) < 4.78 is 10.3. The van der Waals surface area contributed by atoms with Gasteiger partial charge in [-0.25, -0.2) is 4.98 Å². The standard InChI is InChI=1S/C17H15N3O4/c1-23-13-7-3-11(4-8-13)15-16(19-17(18-15)20(21)22)12-5-9-14(24-2)10-6-12/h3-10H,1-2H3,(H,18,19). The van der Waals surface area contributed by atoms with E-state index in [0.29, 0.717) is 22.9 Å². The van der Waals surface area contributed by atoms with E-state index in [1.807, 2.05) is 24.3 Å². The molecular weight excluding hydrogens is 310 g/mol. The van der Waals surface area contributed by atoms with Crippen LogP contribution in [0.5, 0.6) is 11.5 Å². The number of methoxy groups -OCH3 is 2. The lowest BCUT2D eigenvalue weighted by atomic mass is 10.0. The molecule has 0 atom stereocenters. The van der Waals surface area contributed by atoms with E-state index >= 15 is 0 Å². The molecule has 122 valence electrons. The zero-order valence-corrected chi connectivity index (χ0v) is 13.1. The van der Waals surface area contributed by atoms with Crippen LogP contribution in [0.15, 0.2) is 48.5 Å². The molecule has 7 heteroatoms. The highest BCUT2D eigenvalue weighted by Crippen LogP contribution is 2.33. The lowest BCUT2D eigenvalue weighted by Crippen LogP contribution is -1.89. The summed E-state index contributed by atoms with van der Waals surface area (Å²) in [7, 11) is 3.16. The summed E-state index contributed by atoms with van der Waals surface area (Å²) >= 11 is 0. The topological polar surface area (TPSA) is 90.3 Å². The minimum atomic E-state index is -0.542. The van der Waals surface area contributed by atoms with Crippen LogP contribution in [0.25, 0.3) is 22.5 Å². The van der Waals surface area contributed by atoms with E-state index in [9.17, 15) is 10.1 Å². The molecule has 0 radical (unpaired) electrons. The number of rotatable bonds is 5. The Balaban J connectivity index is 2.10. The van der Waals surface area contributed by atoms with E-state index < -0.39 is 4.92 Å². The maximum absolute atomic E-state index is 11.1. The van der Waals surface area contributed by atoms with Gasteiger partial charge in [-0.1, -0.05) is 4.98 Å². The summed E-state index contributed by atoms with van der Waals surface area (Å²) in [5.41, 5.74) is 2.62. The number of imidazole rings is 1. The van der Waals surface area contributed by atoms with Crippen LogP contribution in [0.4, 0.5) is 5.95 Å². The fraction of sp³-hybridized carbons (Fsp3) is 0.118. The van der Waals surface area contributed by atoms with Gasteiger partial charge in [0.2, 0.25) is 0 Å². The minimum Gasteiger partial charge on any atom is -0.497 e. The van der Waals surface area contributed by atoms with Crippen molar-refractivity contribution < 1.29 is 14.4 Å². The molecule has 3 rings (SSSR count). The fourth-order valence-electron chi connectivity index (χ4n) is 2.37. The molecule has 1 aromatic heterocycles. The van der Waals surface area contributed by atoms with Crippen LogP contribution in [-0.2, 0) is 0 Å². The highest BCUT2D eigenvalue weighted by Gasteiger charge is 2.23. The molecule has 0 unspecified atom stereocenters. The maximum Gasteiger partial charge on any atom is 0.433 e. The van der Waals surface area contributed by atoms with Crippen molar-refractivity contribution in [3.63, 3.8) is 0 Å². The third-order valence-corrected chi connectivity index (χ3v) is 3.61. The smallest absolute Gasteiger partial charge is 0.433 e. The number of hydrogen-bond donors (Lipinski definition) is 1. The van der Waals surface area contributed by atoms with Gasteiger partial charge in [-0.2, -0.15) is 0 Å². The number of aromatic amines is 1. The van der Waals surface area contributed by atoms with E-state index in [1.54, 1.807) is 38.5 Å². The van der Waals surface area contributed by atoms with Crippen LogP contribution >= 0.6 is 0 Å². The summed E-state index contributed by atoms with van der Waals surface area (Å²) in [5, 5.41) is 11.1. The Morgan fingerprint density at radius 1 is 0.917 bits per heavy atom. The molecule has 0 spiro atoms. The SMILES string of the molecule is COc1ccc(-c2nc([N+](=O)[O-])[nH]c2-c2ccc(OC)cc2)cc1. The average molecular weight is 325 g/mol. The molecular formula is C17H15N3O4. The van der Waals surface area contributed by atoms with Crippen LogP contribution < -0.4 is 9.47 Å². The van der Waals surface area contributed by atoms with Gasteiger partial charge in [0.15, 0.2) is 5.69 Å². The van der Waals surface area contributed by atoms with Crippen LogP contribution in [0.3, 0.4) is 0 Å². The Bertz CT molecular complexity index is 790. The summed E-state index contributed by atoms with van der Waals surface area (Å²) in [6.07, 6.45) is 0. The predicted octanol–water partition coefficient (Wildman–Crippen LogP) is 3.67. The molecule has 0 amide bonds. The molecule has 0 aliphatic heterocycles. The van der Waals surface area contributed by atoms with E-state index in [4.69, 9.17) is 9.47 Å². The molecule has 1 heterocycles. The first-order chi connectivity index (χ1) is 11.6. The number of ether oxygens (including phenoxy) is 2. The van der Waals surface area contributed by atoms with Crippen molar-refractivity contribution in [2.75, 3.05) is 14.2 Å². The van der Waals surface area contributed by atoms with E-state index in [2.05, 4.69) is 9.97 Å². The Labute approximate surface area is 138 Å². The molecule has 3 aromatic rings. The summed E-state index contributed by atoms with van der Waals surface area (Å²) in [5.74, 6) is 1.11. The van der Waals surface area contributed by atoms with Crippen LogP contribution in [-0.4, -0.2) is 29.1 Å². The molecule has 0 bridgehead atoms. The minimum absolute atomic E-state index is 0.299. The number of benzene rings is 2. The first-order valence-electron chi connectivity index (χ1n) is 7.15. The van der Waals surface area contributed by atoms with Crippen molar-refractivity contribution in [2.45, 2.75) is 0 Å². The molecule has 0 aliphatic rings. The largest absolute Gasteiger partial charge is 0.497 e. The lowest BCUT2D eigenvalue weighted by Gasteiger charge is -2.03. The van der Waals surface area contributed by atoms with Crippen molar-refractivity contribution in [1.29, 1.82) is 0 Å². The number of H-pyrrole nitrogens is 1. The summed E-state index contributed by atoms with van der Waals surface area (Å²) in [4.78, 5) is 17.5. The quantitative estimate of drug-likeness (QED) is 0.571. The Hall–Kier alpha value is -3.35. The van der Waals surface area contributed by atoms with E-state index in [0.717, 1.165) is 11.1 Å². The Morgan fingerprint density at radius 3 is 1.88 bits per heavy atom. The number of hydrogen-bond acceptors (Lipinski definition) is 5. The van der Waals surface area contributed by atoms with E-state index in [1.165, 1.54) is 0 Å². The Morgan fingerprint density at radius 2 is 1.42 bits per heavy atom. The monoisotopic (exact) mass is 325 g/mol. The summed E-state index contributed by atoms with van der Waals surface area (Å²) in [6, 6.07) is 14.4. The van der Waals surface area contributed by atoms with Crippen LogP contribution in [0, 0.1) is 10.1 Å². The van der Waals surface area contributed by atoms with Crippen molar-refractivity contribution in [3.05, 3.63) is 58.6 Å². The Kier molecular flexibility index (Phi) is 4.15. The van der Waals surface area contributed by atoms with Gasteiger partial charge in [-0.05, 0) is 53.5 Å². The molecule has 0 saturated heterocycles. The van der Waals surface area contributed by atoms with Crippen molar-refractivity contribution in [1.82, 2.24) is 9.97 Å². The van der Waals surface area contributed by atoms with Gasteiger partial charge in [0.25, 0.3) is 0 Å². The highest BCUT2D eigenvalue weighted by atomic mass is 16.6. The second-order valence-corrected chi connectivity index (χ2v) is 5.00. The van der Waals surface area contributed by atoms with Crippen molar-refractivity contribution in [3.8, 4) is 34.0 Å². The van der Waals surface area contributed by atoms with Gasteiger partial charge in [0.1, 0.15) is 17.2 Å².